The Kier molecular flexibility index (Phi) is 3.24. The monoisotopic (exact) mass is 240 g/mol. The van der Waals surface area contributed by atoms with Crippen LogP contribution in [0.25, 0.3) is 0 Å². The molecule has 88 valence electrons. The van der Waals surface area contributed by atoms with Crippen LogP contribution in [0.4, 0.5) is 0 Å². The Balaban J connectivity index is 2.10. The first-order valence-electron chi connectivity index (χ1n) is 5.51. The van der Waals surface area contributed by atoms with E-state index in [1.807, 2.05) is 24.3 Å². The third-order valence-electron chi connectivity index (χ3n) is 3.18. The summed E-state index contributed by atoms with van der Waals surface area (Å²) in [4.78, 5) is 0. The van der Waals surface area contributed by atoms with Crippen LogP contribution in [0.3, 0.4) is 0 Å². The van der Waals surface area contributed by atoms with E-state index in [1.165, 1.54) is 0 Å². The maximum Gasteiger partial charge on any atom is 0.184 e. The molecule has 1 aromatic carbocycles. The van der Waals surface area contributed by atoms with Gasteiger partial charge in [-0.25, -0.2) is 0 Å². The molecule has 0 bridgehead atoms. The summed E-state index contributed by atoms with van der Waals surface area (Å²) in [5, 5.41) is 0.730. The minimum atomic E-state index is -0.264. The molecule has 2 nitrogen and oxygen atoms in total. The van der Waals surface area contributed by atoms with Crippen molar-refractivity contribution in [1.29, 1.82) is 0 Å². The van der Waals surface area contributed by atoms with E-state index >= 15 is 0 Å². The van der Waals surface area contributed by atoms with Crippen molar-refractivity contribution in [3.8, 4) is 0 Å². The van der Waals surface area contributed by atoms with Gasteiger partial charge in [0.15, 0.2) is 6.29 Å². The molecule has 0 saturated carbocycles. The van der Waals surface area contributed by atoms with Crippen molar-refractivity contribution in [3.05, 3.63) is 34.9 Å². The molecule has 0 spiro atoms. The summed E-state index contributed by atoms with van der Waals surface area (Å²) in [6.07, 6.45) is -0.0813. The summed E-state index contributed by atoms with van der Waals surface area (Å²) in [5.41, 5.74) is 1.09. The summed E-state index contributed by atoms with van der Waals surface area (Å²) in [6, 6.07) is 7.60. The van der Waals surface area contributed by atoms with Gasteiger partial charge in [0.25, 0.3) is 0 Å². The highest BCUT2D eigenvalue weighted by molar-refractivity contribution is 6.30. The fourth-order valence-corrected chi connectivity index (χ4v) is 1.74. The molecule has 16 heavy (non-hydrogen) atoms. The summed E-state index contributed by atoms with van der Waals surface area (Å²) < 4.78 is 11.6. The van der Waals surface area contributed by atoms with Crippen molar-refractivity contribution < 1.29 is 9.47 Å². The van der Waals surface area contributed by atoms with E-state index in [0.29, 0.717) is 6.61 Å². The number of hydrogen-bond donors (Lipinski definition) is 0. The quantitative estimate of drug-likeness (QED) is 0.743. The van der Waals surface area contributed by atoms with Crippen LogP contribution in [0.15, 0.2) is 24.3 Å². The van der Waals surface area contributed by atoms with E-state index in [-0.39, 0.29) is 17.8 Å². The van der Waals surface area contributed by atoms with Crippen LogP contribution in [0.2, 0.25) is 5.02 Å². The highest BCUT2D eigenvalue weighted by Crippen LogP contribution is 2.36. The zero-order chi connectivity index (χ0) is 11.8. The van der Waals surface area contributed by atoms with E-state index in [1.54, 1.807) is 0 Å². The maximum atomic E-state index is 5.86. The Hall–Kier alpha value is -0.570. The first kappa shape index (κ1) is 11.9. The average molecular weight is 241 g/mol. The number of ether oxygens (including phenoxy) is 2. The Labute approximate surface area is 102 Å². The zero-order valence-corrected chi connectivity index (χ0v) is 10.6. The van der Waals surface area contributed by atoms with Crippen LogP contribution < -0.4 is 0 Å². The molecule has 3 heteroatoms. The topological polar surface area (TPSA) is 18.5 Å². The van der Waals surface area contributed by atoms with Crippen LogP contribution in [0.1, 0.15) is 32.6 Å². The Morgan fingerprint density at radius 3 is 2.44 bits per heavy atom. The highest BCUT2D eigenvalue weighted by atomic mass is 35.5. The largest absolute Gasteiger partial charge is 0.348 e. The normalized spacial score (nSPS) is 29.0. The van der Waals surface area contributed by atoms with Gasteiger partial charge >= 0.3 is 0 Å². The van der Waals surface area contributed by atoms with Gasteiger partial charge in [0.1, 0.15) is 0 Å². The molecule has 1 heterocycles. The predicted molar refractivity (Wildman–Crippen MR) is 64.5 cm³/mol. The van der Waals surface area contributed by atoms with Crippen molar-refractivity contribution in [1.82, 2.24) is 0 Å². The Bertz CT molecular complexity index is 359. The van der Waals surface area contributed by atoms with Crippen molar-refractivity contribution in [2.45, 2.75) is 33.2 Å². The van der Waals surface area contributed by atoms with Crippen LogP contribution in [-0.4, -0.2) is 12.7 Å². The molecule has 1 saturated heterocycles. The number of hydrogen-bond acceptors (Lipinski definition) is 2. The van der Waals surface area contributed by atoms with E-state index in [4.69, 9.17) is 21.1 Å². The van der Waals surface area contributed by atoms with Gasteiger partial charge < -0.3 is 9.47 Å². The van der Waals surface area contributed by atoms with E-state index in [2.05, 4.69) is 20.8 Å². The molecular weight excluding hydrogens is 224 g/mol. The molecule has 1 aromatic rings. The van der Waals surface area contributed by atoms with Gasteiger partial charge in [0, 0.05) is 16.0 Å². The summed E-state index contributed by atoms with van der Waals surface area (Å²) in [6.45, 7) is 7.10. The lowest BCUT2D eigenvalue weighted by Crippen LogP contribution is -2.40. The Morgan fingerprint density at radius 2 is 1.88 bits per heavy atom. The third-order valence-corrected chi connectivity index (χ3v) is 3.43. The molecule has 0 radical (unpaired) electrons. The van der Waals surface area contributed by atoms with Crippen molar-refractivity contribution in [2.24, 2.45) is 5.41 Å². The first-order chi connectivity index (χ1) is 7.49. The summed E-state index contributed by atoms with van der Waals surface area (Å²) >= 11 is 5.84. The second kappa shape index (κ2) is 4.36. The van der Waals surface area contributed by atoms with Gasteiger partial charge in [0.2, 0.25) is 0 Å². The summed E-state index contributed by atoms with van der Waals surface area (Å²) in [5.74, 6) is 0. The Morgan fingerprint density at radius 1 is 1.25 bits per heavy atom. The summed E-state index contributed by atoms with van der Waals surface area (Å²) in [7, 11) is 0. The lowest BCUT2D eigenvalue weighted by molar-refractivity contribution is -0.259. The van der Waals surface area contributed by atoms with Gasteiger partial charge in [-0.1, -0.05) is 37.6 Å². The van der Waals surface area contributed by atoms with E-state index < -0.39 is 0 Å². The number of rotatable bonds is 1. The average Bonchev–Trinajstić information content (AvgIpc) is 2.24. The van der Waals surface area contributed by atoms with Gasteiger partial charge in [0.05, 0.1) is 12.7 Å². The molecule has 2 unspecified atom stereocenters. The minimum absolute atomic E-state index is 0.0723. The molecule has 0 N–H and O–H groups in total. The second-order valence-corrected chi connectivity index (χ2v) is 5.40. The molecule has 0 amide bonds. The standard InChI is InChI=1S/C13H17ClO2/c1-9-13(2,3)8-15-12(16-9)10-4-6-11(14)7-5-10/h4-7,9,12H,8H2,1-3H3. The predicted octanol–water partition coefficient (Wildman–Crippen LogP) is 3.80. The van der Waals surface area contributed by atoms with Gasteiger partial charge in [-0.2, -0.15) is 0 Å². The molecule has 1 aliphatic rings. The molecule has 2 rings (SSSR count). The number of benzene rings is 1. The lowest BCUT2D eigenvalue weighted by Gasteiger charge is -2.40. The maximum absolute atomic E-state index is 5.86. The fraction of sp³-hybridized carbons (Fsp3) is 0.538. The number of halogens is 1. The molecule has 1 fully saturated rings. The molecule has 0 aromatic heterocycles. The van der Waals surface area contributed by atoms with E-state index in [9.17, 15) is 0 Å². The molecular formula is C13H17ClO2. The van der Waals surface area contributed by atoms with Crippen LogP contribution >= 0.6 is 11.6 Å². The van der Waals surface area contributed by atoms with Crippen LogP contribution in [-0.2, 0) is 9.47 Å². The van der Waals surface area contributed by atoms with E-state index in [0.717, 1.165) is 10.6 Å². The fourth-order valence-electron chi connectivity index (χ4n) is 1.61. The SMILES string of the molecule is CC1OC(c2ccc(Cl)cc2)OCC1(C)C. The smallest absolute Gasteiger partial charge is 0.184 e. The zero-order valence-electron chi connectivity index (χ0n) is 9.87. The lowest BCUT2D eigenvalue weighted by atomic mass is 9.87. The van der Waals surface area contributed by atoms with Gasteiger partial charge in [-0.15, -0.1) is 0 Å². The molecule has 1 aliphatic heterocycles. The molecule has 0 aliphatic carbocycles. The second-order valence-electron chi connectivity index (χ2n) is 4.96. The molecule has 2 atom stereocenters. The van der Waals surface area contributed by atoms with Gasteiger partial charge in [-0.3, -0.25) is 0 Å². The van der Waals surface area contributed by atoms with Crippen molar-refractivity contribution in [3.63, 3.8) is 0 Å². The minimum Gasteiger partial charge on any atom is -0.348 e. The van der Waals surface area contributed by atoms with Crippen molar-refractivity contribution >= 4 is 11.6 Å². The van der Waals surface area contributed by atoms with Crippen molar-refractivity contribution in [2.75, 3.05) is 6.61 Å². The van der Waals surface area contributed by atoms with Gasteiger partial charge in [-0.05, 0) is 19.1 Å². The van der Waals surface area contributed by atoms with Crippen LogP contribution in [0, 0.1) is 5.41 Å². The third kappa shape index (κ3) is 2.40. The highest BCUT2D eigenvalue weighted by Gasteiger charge is 2.35. The van der Waals surface area contributed by atoms with Crippen LogP contribution in [0.5, 0.6) is 0 Å². The first-order valence-corrected chi connectivity index (χ1v) is 5.89.